The second-order valence-corrected chi connectivity index (χ2v) is 6.34. The van der Waals surface area contributed by atoms with Crippen molar-refractivity contribution in [1.82, 2.24) is 4.90 Å². The Morgan fingerprint density at radius 2 is 1.86 bits per heavy atom. The number of nitrogens with zero attached hydrogens (tertiary/aromatic N) is 2. The Labute approximate surface area is 136 Å². The van der Waals surface area contributed by atoms with Gasteiger partial charge in [0.2, 0.25) is 0 Å². The molecule has 0 saturated heterocycles. The normalized spacial score (nSPS) is 11.7. The zero-order valence-electron chi connectivity index (χ0n) is 15.3. The second-order valence-electron chi connectivity index (χ2n) is 6.34. The van der Waals surface area contributed by atoms with Gasteiger partial charge in [-0.25, -0.2) is 4.99 Å². The molecule has 0 aromatic heterocycles. The van der Waals surface area contributed by atoms with Gasteiger partial charge in [0.25, 0.3) is 0 Å². The van der Waals surface area contributed by atoms with Crippen molar-refractivity contribution in [2.75, 3.05) is 14.2 Å². The predicted molar refractivity (Wildman–Crippen MR) is 96.6 cm³/mol. The van der Waals surface area contributed by atoms with Gasteiger partial charge in [-0.1, -0.05) is 32.8 Å². The van der Waals surface area contributed by atoms with Gasteiger partial charge >= 0.3 is 0 Å². The molecule has 0 aliphatic rings. The Morgan fingerprint density at radius 3 is 2.36 bits per heavy atom. The number of aryl methyl sites for hydroxylation is 1. The first kappa shape index (κ1) is 18.5. The maximum Gasteiger partial charge on any atom is 0.124 e. The number of methoxy groups -OCH3 is 1. The fourth-order valence-electron chi connectivity index (χ4n) is 2.40. The van der Waals surface area contributed by atoms with Crippen LogP contribution in [0.2, 0.25) is 0 Å². The zero-order valence-corrected chi connectivity index (χ0v) is 15.3. The molecular weight excluding hydrogens is 272 g/mol. The van der Waals surface area contributed by atoms with E-state index in [-0.39, 0.29) is 0 Å². The van der Waals surface area contributed by atoms with Crippen LogP contribution in [0.1, 0.15) is 51.7 Å². The van der Waals surface area contributed by atoms with Gasteiger partial charge in [-0.3, -0.25) is 0 Å². The highest BCUT2D eigenvalue weighted by molar-refractivity contribution is 5.65. The van der Waals surface area contributed by atoms with Crippen molar-refractivity contribution in [3.8, 4) is 5.75 Å². The molecule has 22 heavy (non-hydrogen) atoms. The molecule has 3 nitrogen and oxygen atoms in total. The number of hydrogen-bond donors (Lipinski definition) is 0. The summed E-state index contributed by atoms with van der Waals surface area (Å²) in [7, 11) is 3.79. The van der Waals surface area contributed by atoms with Crippen molar-refractivity contribution in [2.45, 2.75) is 59.9 Å². The number of benzene rings is 1. The van der Waals surface area contributed by atoms with Crippen LogP contribution < -0.4 is 4.74 Å². The van der Waals surface area contributed by atoms with E-state index < -0.39 is 0 Å². The first-order valence-electron chi connectivity index (χ1n) is 8.36. The molecule has 0 aliphatic carbocycles. The van der Waals surface area contributed by atoms with Gasteiger partial charge in [-0.2, -0.15) is 0 Å². The van der Waals surface area contributed by atoms with Crippen LogP contribution in [-0.2, 0) is 6.42 Å². The lowest BCUT2D eigenvalue weighted by Gasteiger charge is -2.18. The van der Waals surface area contributed by atoms with Crippen LogP contribution in [-0.4, -0.2) is 31.4 Å². The highest BCUT2D eigenvalue weighted by atomic mass is 16.5. The molecule has 0 atom stereocenters. The number of rotatable bonds is 8. The predicted octanol–water partition coefficient (Wildman–Crippen LogP) is 4.98. The quantitative estimate of drug-likeness (QED) is 0.499. The van der Waals surface area contributed by atoms with Gasteiger partial charge in [-0.05, 0) is 44.2 Å². The van der Waals surface area contributed by atoms with Gasteiger partial charge in [0.05, 0.1) is 19.1 Å². The summed E-state index contributed by atoms with van der Waals surface area (Å²) in [5.41, 5.74) is 3.48. The molecule has 0 heterocycles. The Morgan fingerprint density at radius 1 is 1.23 bits per heavy atom. The minimum atomic E-state index is 0.445. The number of aliphatic imine (C=N–C) groups is 1. The highest BCUT2D eigenvalue weighted by Gasteiger charge is 2.12. The molecule has 3 heteroatoms. The molecule has 0 unspecified atom stereocenters. The highest BCUT2D eigenvalue weighted by Crippen LogP contribution is 2.31. The Hall–Kier alpha value is -1.51. The number of ether oxygens (including phenoxy) is 1. The summed E-state index contributed by atoms with van der Waals surface area (Å²) in [4.78, 5) is 6.72. The van der Waals surface area contributed by atoms with Crippen molar-refractivity contribution in [3.05, 3.63) is 23.3 Å². The van der Waals surface area contributed by atoms with Gasteiger partial charge in [0.1, 0.15) is 5.75 Å². The fraction of sp³-hybridized carbons (Fsp3) is 0.632. The van der Waals surface area contributed by atoms with Crippen molar-refractivity contribution in [2.24, 2.45) is 10.9 Å². The minimum Gasteiger partial charge on any atom is -0.496 e. The van der Waals surface area contributed by atoms with Crippen molar-refractivity contribution >= 4 is 12.0 Å². The van der Waals surface area contributed by atoms with Gasteiger partial charge < -0.3 is 9.64 Å². The van der Waals surface area contributed by atoms with Crippen LogP contribution >= 0.6 is 0 Å². The smallest absolute Gasteiger partial charge is 0.124 e. The van der Waals surface area contributed by atoms with Crippen LogP contribution in [0, 0.1) is 12.8 Å². The molecule has 0 N–H and O–H groups in total. The average Bonchev–Trinajstić information content (AvgIpc) is 2.51. The van der Waals surface area contributed by atoms with E-state index in [2.05, 4.69) is 56.6 Å². The molecule has 124 valence electrons. The lowest BCUT2D eigenvalue weighted by molar-refractivity contribution is 0.401. The van der Waals surface area contributed by atoms with E-state index in [1.165, 1.54) is 24.0 Å². The van der Waals surface area contributed by atoms with Gasteiger partial charge in [0.15, 0.2) is 0 Å². The van der Waals surface area contributed by atoms with Crippen molar-refractivity contribution in [3.63, 3.8) is 0 Å². The summed E-state index contributed by atoms with van der Waals surface area (Å²) in [6, 6.07) is 4.75. The maximum absolute atomic E-state index is 5.60. The summed E-state index contributed by atoms with van der Waals surface area (Å²) in [6.45, 7) is 10.9. The van der Waals surface area contributed by atoms with Crippen molar-refractivity contribution in [1.29, 1.82) is 0 Å². The van der Waals surface area contributed by atoms with E-state index in [1.807, 2.05) is 13.4 Å². The summed E-state index contributed by atoms with van der Waals surface area (Å²) in [5, 5.41) is 0. The summed E-state index contributed by atoms with van der Waals surface area (Å²) in [5.74, 6) is 1.67. The summed E-state index contributed by atoms with van der Waals surface area (Å²) < 4.78 is 5.60. The Balaban J connectivity index is 3.04. The molecule has 1 aromatic carbocycles. The molecule has 0 spiro atoms. The molecule has 1 rings (SSSR count). The van der Waals surface area contributed by atoms with E-state index in [0.29, 0.717) is 6.04 Å². The molecule has 0 radical (unpaired) electrons. The summed E-state index contributed by atoms with van der Waals surface area (Å²) in [6.07, 6.45) is 5.38. The minimum absolute atomic E-state index is 0.445. The molecule has 0 fully saturated rings. The van der Waals surface area contributed by atoms with Crippen LogP contribution in [0.3, 0.4) is 0 Å². The van der Waals surface area contributed by atoms with Crippen LogP contribution in [0.25, 0.3) is 0 Å². The number of hydrogen-bond acceptors (Lipinski definition) is 2. The maximum atomic E-state index is 5.60. The molecule has 0 bridgehead atoms. The van der Waals surface area contributed by atoms with Gasteiger partial charge in [-0.15, -0.1) is 0 Å². The lowest BCUT2D eigenvalue weighted by Crippen LogP contribution is -2.24. The summed E-state index contributed by atoms with van der Waals surface area (Å²) >= 11 is 0. The SMILES string of the molecule is CCC(CC)Cc1cc(C)c(/N=C/N(C)C(C)C)cc1OC. The lowest BCUT2D eigenvalue weighted by atomic mass is 9.93. The first-order chi connectivity index (χ1) is 10.4. The van der Waals surface area contributed by atoms with E-state index >= 15 is 0 Å². The van der Waals surface area contributed by atoms with E-state index in [0.717, 1.165) is 23.8 Å². The molecule has 0 aliphatic heterocycles. The van der Waals surface area contributed by atoms with E-state index in [9.17, 15) is 0 Å². The topological polar surface area (TPSA) is 24.8 Å². The third kappa shape index (κ3) is 5.04. The molecule has 1 aromatic rings. The van der Waals surface area contributed by atoms with Crippen LogP contribution in [0.4, 0.5) is 5.69 Å². The molecular formula is C19H32N2O. The fourth-order valence-corrected chi connectivity index (χ4v) is 2.40. The zero-order chi connectivity index (χ0) is 16.7. The van der Waals surface area contributed by atoms with Crippen molar-refractivity contribution < 1.29 is 4.74 Å². The second kappa shape index (κ2) is 8.82. The Kier molecular flexibility index (Phi) is 7.43. The average molecular weight is 304 g/mol. The standard InChI is InChI=1S/C19H32N2O/c1-8-16(9-2)11-17-10-15(5)18(12-19(17)22-7)20-13-21(6)14(3)4/h10,12-14,16H,8-9,11H2,1-7H3/b20-13+. The first-order valence-corrected chi connectivity index (χ1v) is 8.36. The largest absolute Gasteiger partial charge is 0.496 e. The monoisotopic (exact) mass is 304 g/mol. The molecule has 0 saturated carbocycles. The van der Waals surface area contributed by atoms with E-state index in [1.54, 1.807) is 7.11 Å². The van der Waals surface area contributed by atoms with Crippen LogP contribution in [0.5, 0.6) is 5.75 Å². The van der Waals surface area contributed by atoms with Gasteiger partial charge in [0, 0.05) is 19.2 Å². The molecule has 0 amide bonds. The van der Waals surface area contributed by atoms with E-state index in [4.69, 9.17) is 4.74 Å². The third-order valence-electron chi connectivity index (χ3n) is 4.46. The van der Waals surface area contributed by atoms with Crippen LogP contribution in [0.15, 0.2) is 17.1 Å². The third-order valence-corrected chi connectivity index (χ3v) is 4.46. The Bertz CT molecular complexity index is 490.